The van der Waals surface area contributed by atoms with Crippen LogP contribution in [0.25, 0.3) is 0 Å². The summed E-state index contributed by atoms with van der Waals surface area (Å²) in [4.78, 5) is 15.2. The highest BCUT2D eigenvalue weighted by Gasteiger charge is 2.33. The second kappa shape index (κ2) is 9.14. The first-order chi connectivity index (χ1) is 13.7. The van der Waals surface area contributed by atoms with Crippen molar-refractivity contribution in [2.45, 2.75) is 70.4 Å². The first-order valence-electron chi connectivity index (χ1n) is 10.8. The van der Waals surface area contributed by atoms with Crippen molar-refractivity contribution in [3.63, 3.8) is 0 Å². The molecule has 2 fully saturated rings. The van der Waals surface area contributed by atoms with Gasteiger partial charge in [0.1, 0.15) is 0 Å². The number of carbonyl (C=O) groups is 1. The maximum absolute atomic E-state index is 13.1. The van der Waals surface area contributed by atoms with Gasteiger partial charge >= 0.3 is 0 Å². The molecule has 29 heavy (non-hydrogen) atoms. The van der Waals surface area contributed by atoms with Crippen LogP contribution in [0.5, 0.6) is 0 Å². The second-order valence-corrected chi connectivity index (χ2v) is 10.7. The third-order valence-corrected chi connectivity index (χ3v) is 8.64. The minimum absolute atomic E-state index is 0.0644. The Morgan fingerprint density at radius 2 is 1.76 bits per heavy atom. The molecule has 1 N–H and O–H groups in total. The minimum Gasteiger partial charge on any atom is -0.352 e. The van der Waals surface area contributed by atoms with Gasteiger partial charge in [0.05, 0.1) is 10.9 Å². The van der Waals surface area contributed by atoms with Gasteiger partial charge in [-0.2, -0.15) is 4.31 Å². The lowest BCUT2D eigenvalue weighted by Gasteiger charge is -2.38. The van der Waals surface area contributed by atoms with Gasteiger partial charge < -0.3 is 5.32 Å². The summed E-state index contributed by atoms with van der Waals surface area (Å²) in [6, 6.07) is 5.56. The maximum Gasteiger partial charge on any atom is 0.243 e. The van der Waals surface area contributed by atoms with Crippen molar-refractivity contribution in [2.24, 2.45) is 5.92 Å². The zero-order valence-corrected chi connectivity index (χ0v) is 19.0. The fraction of sp³-hybridized carbons (Fsp3) is 0.682. The van der Waals surface area contributed by atoms with Crippen LogP contribution in [-0.2, 0) is 14.8 Å². The molecular formula is C22H35N3O3S. The molecule has 1 heterocycles. The molecule has 1 amide bonds. The summed E-state index contributed by atoms with van der Waals surface area (Å²) in [5.41, 5.74) is 1.71. The Kier molecular flexibility index (Phi) is 7.02. The second-order valence-electron chi connectivity index (χ2n) is 8.76. The summed E-state index contributed by atoms with van der Waals surface area (Å²) in [7, 11) is -3.51. The van der Waals surface area contributed by atoms with Crippen molar-refractivity contribution < 1.29 is 13.2 Å². The molecule has 0 bridgehead atoms. The minimum atomic E-state index is -3.51. The summed E-state index contributed by atoms with van der Waals surface area (Å²) in [6.07, 6.45) is 4.66. The van der Waals surface area contributed by atoms with Gasteiger partial charge in [-0.3, -0.25) is 9.69 Å². The molecule has 3 atom stereocenters. The zero-order valence-electron chi connectivity index (χ0n) is 18.1. The van der Waals surface area contributed by atoms with Crippen molar-refractivity contribution in [3.8, 4) is 0 Å². The van der Waals surface area contributed by atoms with Gasteiger partial charge in [-0.15, -0.1) is 0 Å². The Morgan fingerprint density at radius 3 is 2.41 bits per heavy atom. The van der Waals surface area contributed by atoms with E-state index < -0.39 is 10.0 Å². The summed E-state index contributed by atoms with van der Waals surface area (Å²) < 4.78 is 27.7. The molecule has 0 radical (unpaired) electrons. The molecule has 7 heteroatoms. The molecular weight excluding hydrogens is 386 g/mol. The molecule has 1 saturated carbocycles. The summed E-state index contributed by atoms with van der Waals surface area (Å²) >= 11 is 0. The molecule has 1 aliphatic heterocycles. The number of hydrogen-bond acceptors (Lipinski definition) is 4. The SMILES string of the molecule is Cc1ccc(C)c(S(=O)(=O)N2CCN(C(C)C(=O)NC3CCCCC3C)CC2)c1. The van der Waals surface area contributed by atoms with E-state index in [0.29, 0.717) is 37.0 Å². The van der Waals surface area contributed by atoms with Crippen molar-refractivity contribution in [1.82, 2.24) is 14.5 Å². The third-order valence-electron chi connectivity index (χ3n) is 6.60. The lowest BCUT2D eigenvalue weighted by atomic mass is 9.86. The average Bonchev–Trinajstić information content (AvgIpc) is 2.71. The lowest BCUT2D eigenvalue weighted by molar-refractivity contribution is -0.127. The molecule has 1 saturated heterocycles. The number of carbonyl (C=O) groups excluding carboxylic acids is 1. The Morgan fingerprint density at radius 1 is 1.10 bits per heavy atom. The van der Waals surface area contributed by atoms with Crippen LogP contribution in [0.4, 0.5) is 0 Å². The van der Waals surface area contributed by atoms with E-state index in [0.717, 1.165) is 17.5 Å². The molecule has 3 rings (SSSR count). The largest absolute Gasteiger partial charge is 0.352 e. The number of aryl methyl sites for hydroxylation is 2. The highest BCUT2D eigenvalue weighted by atomic mass is 32.2. The number of benzene rings is 1. The fourth-order valence-corrected chi connectivity index (χ4v) is 6.19. The van der Waals surface area contributed by atoms with Gasteiger partial charge in [-0.25, -0.2) is 8.42 Å². The van der Waals surface area contributed by atoms with Crippen LogP contribution in [0.15, 0.2) is 23.1 Å². The zero-order chi connectivity index (χ0) is 21.2. The Labute approximate surface area is 175 Å². The van der Waals surface area contributed by atoms with Crippen LogP contribution < -0.4 is 5.32 Å². The van der Waals surface area contributed by atoms with Crippen molar-refractivity contribution >= 4 is 15.9 Å². The standard InChI is InChI=1S/C22H35N3O3S/c1-16-9-10-18(3)21(15-16)29(27,28)25-13-11-24(12-14-25)19(4)22(26)23-20-8-6-5-7-17(20)2/h9-10,15,17,19-20H,5-8,11-14H2,1-4H3,(H,23,26). The van der Waals surface area contributed by atoms with Crippen LogP contribution >= 0.6 is 0 Å². The van der Waals surface area contributed by atoms with Gasteiger partial charge in [0.2, 0.25) is 15.9 Å². The topological polar surface area (TPSA) is 69.7 Å². The summed E-state index contributed by atoms with van der Waals surface area (Å²) in [5.74, 6) is 0.592. The van der Waals surface area contributed by atoms with E-state index >= 15 is 0 Å². The van der Waals surface area contributed by atoms with Crippen molar-refractivity contribution in [1.29, 1.82) is 0 Å². The molecule has 1 aromatic rings. The number of nitrogens with one attached hydrogen (secondary N) is 1. The predicted molar refractivity (Wildman–Crippen MR) is 115 cm³/mol. The van der Waals surface area contributed by atoms with E-state index in [1.54, 1.807) is 10.4 Å². The van der Waals surface area contributed by atoms with Crippen LogP contribution in [-0.4, -0.2) is 61.8 Å². The summed E-state index contributed by atoms with van der Waals surface area (Å²) in [5, 5.41) is 3.23. The number of nitrogens with zero attached hydrogens (tertiary/aromatic N) is 2. The van der Waals surface area contributed by atoms with E-state index in [1.807, 2.05) is 32.9 Å². The Bertz CT molecular complexity index is 832. The first kappa shape index (κ1) is 22.2. The Hall–Kier alpha value is -1.44. The van der Waals surface area contributed by atoms with Gasteiger partial charge in [-0.05, 0) is 56.7 Å². The first-order valence-corrected chi connectivity index (χ1v) is 12.3. The number of hydrogen-bond donors (Lipinski definition) is 1. The number of sulfonamides is 1. The average molecular weight is 422 g/mol. The predicted octanol–water partition coefficient (Wildman–Crippen LogP) is 2.69. The molecule has 6 nitrogen and oxygen atoms in total. The molecule has 2 aliphatic rings. The highest BCUT2D eigenvalue weighted by molar-refractivity contribution is 7.89. The number of piperazine rings is 1. The number of rotatable bonds is 5. The van der Waals surface area contributed by atoms with Gasteiger partial charge in [0.15, 0.2) is 0 Å². The Balaban J connectivity index is 1.59. The molecule has 3 unspecified atom stereocenters. The van der Waals surface area contributed by atoms with Crippen molar-refractivity contribution in [3.05, 3.63) is 29.3 Å². The van der Waals surface area contributed by atoms with Gasteiger partial charge in [-0.1, -0.05) is 31.9 Å². The summed E-state index contributed by atoms with van der Waals surface area (Å²) in [6.45, 7) is 9.84. The van der Waals surface area contributed by atoms with Crippen LogP contribution in [0.1, 0.15) is 50.7 Å². The van der Waals surface area contributed by atoms with E-state index in [4.69, 9.17) is 0 Å². The fourth-order valence-electron chi connectivity index (χ4n) is 4.46. The van der Waals surface area contributed by atoms with Crippen molar-refractivity contribution in [2.75, 3.05) is 26.2 Å². The van der Waals surface area contributed by atoms with Crippen LogP contribution in [0.3, 0.4) is 0 Å². The van der Waals surface area contributed by atoms with Crippen LogP contribution in [0.2, 0.25) is 0 Å². The van der Waals surface area contributed by atoms with Gasteiger partial charge in [0.25, 0.3) is 0 Å². The smallest absolute Gasteiger partial charge is 0.243 e. The molecule has 0 spiro atoms. The molecule has 0 aromatic heterocycles. The van der Waals surface area contributed by atoms with E-state index in [-0.39, 0.29) is 18.0 Å². The quantitative estimate of drug-likeness (QED) is 0.794. The molecule has 162 valence electrons. The molecule has 1 aromatic carbocycles. The van der Waals surface area contributed by atoms with E-state index in [9.17, 15) is 13.2 Å². The van der Waals surface area contributed by atoms with Crippen LogP contribution in [0, 0.1) is 19.8 Å². The lowest BCUT2D eigenvalue weighted by Crippen LogP contribution is -2.56. The molecule has 1 aliphatic carbocycles. The third kappa shape index (κ3) is 5.01. The monoisotopic (exact) mass is 421 g/mol. The highest BCUT2D eigenvalue weighted by Crippen LogP contribution is 2.25. The van der Waals surface area contributed by atoms with Gasteiger partial charge in [0, 0.05) is 32.2 Å². The number of amides is 1. The van der Waals surface area contributed by atoms with E-state index in [2.05, 4.69) is 17.1 Å². The maximum atomic E-state index is 13.1. The van der Waals surface area contributed by atoms with E-state index in [1.165, 1.54) is 19.3 Å². The normalized spacial score (nSPS) is 25.5.